The van der Waals surface area contributed by atoms with Crippen molar-refractivity contribution in [1.82, 2.24) is 15.5 Å². The molecule has 0 aliphatic heterocycles. The first kappa shape index (κ1) is 10.6. The van der Waals surface area contributed by atoms with E-state index in [1.165, 1.54) is 5.56 Å². The maximum atomic E-state index is 3.98. The van der Waals surface area contributed by atoms with Gasteiger partial charge in [0.1, 0.15) is 0 Å². The molecule has 0 aliphatic carbocycles. The summed E-state index contributed by atoms with van der Waals surface area (Å²) in [4.78, 5) is 0. The maximum absolute atomic E-state index is 3.98. The summed E-state index contributed by atoms with van der Waals surface area (Å²) in [5.41, 5.74) is 2.41. The van der Waals surface area contributed by atoms with Gasteiger partial charge in [-0.3, -0.25) is 5.10 Å². The topological polar surface area (TPSA) is 40.7 Å². The molecule has 3 nitrogen and oxygen atoms in total. The van der Waals surface area contributed by atoms with Gasteiger partial charge in [0.15, 0.2) is 0 Å². The second-order valence-electron chi connectivity index (χ2n) is 3.26. The summed E-state index contributed by atoms with van der Waals surface area (Å²) in [6, 6.07) is 0.560. The quantitative estimate of drug-likeness (QED) is 0.756. The fourth-order valence-corrected chi connectivity index (χ4v) is 1.76. The molecule has 0 radical (unpaired) electrons. The highest BCUT2D eigenvalue weighted by atomic mass is 32.2. The van der Waals surface area contributed by atoms with E-state index in [9.17, 15) is 0 Å². The fraction of sp³-hybridized carbons (Fsp3) is 0.667. The molecule has 1 heterocycles. The lowest BCUT2D eigenvalue weighted by atomic mass is 10.2. The largest absolute Gasteiger partial charge is 0.309 e. The Balaban J connectivity index is 2.30. The van der Waals surface area contributed by atoms with Crippen LogP contribution in [0.15, 0.2) is 6.20 Å². The summed E-state index contributed by atoms with van der Waals surface area (Å²) in [7, 11) is 0. The van der Waals surface area contributed by atoms with Crippen molar-refractivity contribution in [2.24, 2.45) is 0 Å². The molecule has 0 aromatic carbocycles. The second-order valence-corrected chi connectivity index (χ2v) is 4.17. The van der Waals surface area contributed by atoms with Crippen LogP contribution < -0.4 is 5.32 Å². The van der Waals surface area contributed by atoms with Crippen LogP contribution in [0.5, 0.6) is 0 Å². The molecule has 2 N–H and O–H groups in total. The van der Waals surface area contributed by atoms with Crippen LogP contribution >= 0.6 is 11.8 Å². The van der Waals surface area contributed by atoms with Crippen LogP contribution in [0.2, 0.25) is 0 Å². The van der Waals surface area contributed by atoms with Crippen molar-refractivity contribution in [3.63, 3.8) is 0 Å². The second kappa shape index (κ2) is 5.29. The Morgan fingerprint density at radius 3 is 3.00 bits per heavy atom. The third kappa shape index (κ3) is 3.40. The van der Waals surface area contributed by atoms with E-state index in [0.717, 1.165) is 18.0 Å². The van der Waals surface area contributed by atoms with Crippen LogP contribution in [0.25, 0.3) is 0 Å². The molecule has 0 saturated carbocycles. The molecule has 0 fully saturated rings. The average molecular weight is 199 g/mol. The fourth-order valence-electron chi connectivity index (χ4n) is 1.15. The van der Waals surface area contributed by atoms with E-state index in [1.54, 1.807) is 0 Å². The van der Waals surface area contributed by atoms with E-state index < -0.39 is 0 Å². The van der Waals surface area contributed by atoms with Gasteiger partial charge in [-0.25, -0.2) is 0 Å². The Hall–Kier alpha value is -0.480. The maximum Gasteiger partial charge on any atom is 0.0535 e. The molecule has 74 valence electrons. The number of H-pyrrole nitrogens is 1. The molecule has 1 atom stereocenters. The summed E-state index contributed by atoms with van der Waals surface area (Å²) in [5.74, 6) is 1.15. The first-order valence-corrected chi connectivity index (χ1v) is 5.84. The first-order chi connectivity index (χ1) is 6.24. The van der Waals surface area contributed by atoms with Gasteiger partial charge in [-0.1, -0.05) is 0 Å². The SMILES string of the molecule is CSCC(C)NCc1cn[nH]c1C. The molecule has 1 aromatic heterocycles. The van der Waals surface area contributed by atoms with E-state index >= 15 is 0 Å². The highest BCUT2D eigenvalue weighted by molar-refractivity contribution is 7.98. The summed E-state index contributed by atoms with van der Waals surface area (Å²) < 4.78 is 0. The van der Waals surface area contributed by atoms with Gasteiger partial charge >= 0.3 is 0 Å². The van der Waals surface area contributed by atoms with Crippen LogP contribution in [0.4, 0.5) is 0 Å². The van der Waals surface area contributed by atoms with Gasteiger partial charge in [-0.05, 0) is 20.1 Å². The van der Waals surface area contributed by atoms with E-state index in [2.05, 4.69) is 28.7 Å². The highest BCUT2D eigenvalue weighted by Gasteiger charge is 2.03. The Bertz CT molecular complexity index is 247. The molecule has 4 heteroatoms. The van der Waals surface area contributed by atoms with Crippen molar-refractivity contribution in [3.8, 4) is 0 Å². The molecule has 1 aromatic rings. The van der Waals surface area contributed by atoms with Crippen LogP contribution in [0.1, 0.15) is 18.2 Å². The third-order valence-corrected chi connectivity index (χ3v) is 2.83. The lowest BCUT2D eigenvalue weighted by molar-refractivity contribution is 0.595. The highest BCUT2D eigenvalue weighted by Crippen LogP contribution is 2.03. The van der Waals surface area contributed by atoms with E-state index in [0.29, 0.717) is 6.04 Å². The van der Waals surface area contributed by atoms with Crippen molar-refractivity contribution < 1.29 is 0 Å². The predicted molar refractivity (Wildman–Crippen MR) is 58.0 cm³/mol. The lowest BCUT2D eigenvalue weighted by Crippen LogP contribution is -2.27. The summed E-state index contributed by atoms with van der Waals surface area (Å²) in [5, 5.41) is 10.4. The molecule has 0 aliphatic rings. The van der Waals surface area contributed by atoms with Gasteiger partial charge in [-0.15, -0.1) is 0 Å². The van der Waals surface area contributed by atoms with Gasteiger partial charge in [0.2, 0.25) is 0 Å². The minimum Gasteiger partial charge on any atom is -0.309 e. The lowest BCUT2D eigenvalue weighted by Gasteiger charge is -2.11. The van der Waals surface area contributed by atoms with E-state index in [4.69, 9.17) is 0 Å². The molecule has 1 unspecified atom stereocenters. The van der Waals surface area contributed by atoms with Gasteiger partial charge < -0.3 is 5.32 Å². The van der Waals surface area contributed by atoms with Crippen molar-refractivity contribution >= 4 is 11.8 Å². The number of aromatic nitrogens is 2. The molecular weight excluding hydrogens is 182 g/mol. The number of aryl methyl sites for hydroxylation is 1. The zero-order chi connectivity index (χ0) is 9.68. The van der Waals surface area contributed by atoms with Crippen LogP contribution in [0, 0.1) is 6.92 Å². The summed E-state index contributed by atoms with van der Waals surface area (Å²) in [6.07, 6.45) is 4.01. The molecule has 0 spiro atoms. The molecule has 0 saturated heterocycles. The third-order valence-electron chi connectivity index (χ3n) is 1.99. The predicted octanol–water partition coefficient (Wildman–Crippen LogP) is 1.56. The van der Waals surface area contributed by atoms with E-state index in [1.807, 2.05) is 24.9 Å². The number of nitrogens with one attached hydrogen (secondary N) is 2. The molecule has 0 amide bonds. The number of hydrogen-bond donors (Lipinski definition) is 2. The van der Waals surface area contributed by atoms with Gasteiger partial charge in [0.05, 0.1) is 6.20 Å². The van der Waals surface area contributed by atoms with Gasteiger partial charge in [-0.2, -0.15) is 16.9 Å². The number of aromatic amines is 1. The normalized spacial score (nSPS) is 13.2. The number of thioether (sulfide) groups is 1. The first-order valence-electron chi connectivity index (χ1n) is 4.45. The van der Waals surface area contributed by atoms with Gasteiger partial charge in [0, 0.05) is 29.6 Å². The Morgan fingerprint density at radius 2 is 2.46 bits per heavy atom. The van der Waals surface area contributed by atoms with Crippen molar-refractivity contribution in [1.29, 1.82) is 0 Å². The Morgan fingerprint density at radius 1 is 1.69 bits per heavy atom. The van der Waals surface area contributed by atoms with Gasteiger partial charge in [0.25, 0.3) is 0 Å². The molecule has 0 bridgehead atoms. The molecular formula is C9H17N3S. The minimum atomic E-state index is 0.560. The average Bonchev–Trinajstić information content (AvgIpc) is 2.48. The smallest absolute Gasteiger partial charge is 0.0535 e. The van der Waals surface area contributed by atoms with Crippen molar-refractivity contribution in [2.45, 2.75) is 26.4 Å². The van der Waals surface area contributed by atoms with Crippen molar-refractivity contribution in [3.05, 3.63) is 17.5 Å². The zero-order valence-electron chi connectivity index (χ0n) is 8.42. The number of nitrogens with zero attached hydrogens (tertiary/aromatic N) is 1. The zero-order valence-corrected chi connectivity index (χ0v) is 9.24. The summed E-state index contributed by atoms with van der Waals surface area (Å²) >= 11 is 1.87. The monoisotopic (exact) mass is 199 g/mol. The van der Waals surface area contributed by atoms with Crippen molar-refractivity contribution in [2.75, 3.05) is 12.0 Å². The minimum absolute atomic E-state index is 0.560. The van der Waals surface area contributed by atoms with Crippen LogP contribution in [0.3, 0.4) is 0 Å². The van der Waals surface area contributed by atoms with E-state index in [-0.39, 0.29) is 0 Å². The summed E-state index contributed by atoms with van der Waals surface area (Å²) in [6.45, 7) is 5.15. The van der Waals surface area contributed by atoms with Crippen LogP contribution in [-0.4, -0.2) is 28.2 Å². The Labute approximate surface area is 83.7 Å². The molecule has 1 rings (SSSR count). The standard InChI is InChI=1S/C9H17N3S/c1-7(6-13-3)10-4-9-5-11-12-8(9)2/h5,7,10H,4,6H2,1-3H3,(H,11,12). The Kier molecular flexibility index (Phi) is 4.32. The molecule has 13 heavy (non-hydrogen) atoms. The number of rotatable bonds is 5. The number of hydrogen-bond acceptors (Lipinski definition) is 3. The van der Waals surface area contributed by atoms with Crippen LogP contribution in [-0.2, 0) is 6.54 Å².